The molecule has 7 heteroatoms. The van der Waals surface area contributed by atoms with Gasteiger partial charge in [0.05, 0.1) is 23.2 Å². The lowest BCUT2D eigenvalue weighted by molar-refractivity contribution is -0.384. The Kier molecular flexibility index (Phi) is 3.79. The van der Waals surface area contributed by atoms with Crippen molar-refractivity contribution in [2.75, 3.05) is 7.11 Å². The molecular formula is C13H13N3O4. The van der Waals surface area contributed by atoms with Gasteiger partial charge in [-0.25, -0.2) is 9.78 Å². The van der Waals surface area contributed by atoms with Gasteiger partial charge in [0.1, 0.15) is 5.82 Å². The van der Waals surface area contributed by atoms with Gasteiger partial charge in [0.25, 0.3) is 5.69 Å². The zero-order chi connectivity index (χ0) is 14.7. The van der Waals surface area contributed by atoms with Crippen LogP contribution in [0.3, 0.4) is 0 Å². The first-order valence-electron chi connectivity index (χ1n) is 5.96. The highest BCUT2D eigenvalue weighted by molar-refractivity contribution is 5.91. The van der Waals surface area contributed by atoms with Crippen molar-refractivity contribution in [2.45, 2.75) is 13.5 Å². The number of imidazole rings is 1. The number of carbonyl (C=O) groups is 1. The number of methoxy groups -OCH3 is 1. The maximum Gasteiger partial charge on any atom is 0.338 e. The molecule has 0 bridgehead atoms. The number of ether oxygens (including phenoxy) is 1. The van der Waals surface area contributed by atoms with Gasteiger partial charge >= 0.3 is 5.97 Å². The smallest absolute Gasteiger partial charge is 0.338 e. The van der Waals surface area contributed by atoms with Gasteiger partial charge in [-0.3, -0.25) is 10.1 Å². The Morgan fingerprint density at radius 3 is 2.85 bits per heavy atom. The molecule has 1 aromatic heterocycles. The first kappa shape index (κ1) is 13.7. The van der Waals surface area contributed by atoms with Gasteiger partial charge in [-0.1, -0.05) is 0 Å². The standard InChI is InChI=1S/C13H13N3O4/c1-3-15-7-6-14-12(15)10-5-4-9(13(17)20-2)8-11(10)16(18)19/h4-8H,3H2,1-2H3. The molecular weight excluding hydrogens is 262 g/mol. The second-order valence-electron chi connectivity index (χ2n) is 4.02. The van der Waals surface area contributed by atoms with Crippen molar-refractivity contribution in [3.05, 3.63) is 46.3 Å². The van der Waals surface area contributed by atoms with Crippen LogP contribution in [0, 0.1) is 10.1 Å². The fourth-order valence-corrected chi connectivity index (χ4v) is 1.93. The van der Waals surface area contributed by atoms with Crippen molar-refractivity contribution in [1.82, 2.24) is 9.55 Å². The predicted octanol–water partition coefficient (Wildman–Crippen LogP) is 2.26. The first-order chi connectivity index (χ1) is 9.58. The third-order valence-corrected chi connectivity index (χ3v) is 2.91. The molecule has 0 aliphatic heterocycles. The van der Waals surface area contributed by atoms with E-state index in [1.54, 1.807) is 17.0 Å². The number of rotatable bonds is 4. The van der Waals surface area contributed by atoms with E-state index in [4.69, 9.17) is 0 Å². The van der Waals surface area contributed by atoms with E-state index in [9.17, 15) is 14.9 Å². The summed E-state index contributed by atoms with van der Waals surface area (Å²) in [5.41, 5.74) is 0.334. The number of aryl methyl sites for hydroxylation is 1. The second kappa shape index (κ2) is 5.52. The summed E-state index contributed by atoms with van der Waals surface area (Å²) in [5, 5.41) is 11.2. The summed E-state index contributed by atoms with van der Waals surface area (Å²) in [6, 6.07) is 4.21. The van der Waals surface area contributed by atoms with E-state index in [-0.39, 0.29) is 11.3 Å². The van der Waals surface area contributed by atoms with Gasteiger partial charge in [0.15, 0.2) is 0 Å². The molecule has 104 valence electrons. The molecule has 2 aromatic rings. The van der Waals surface area contributed by atoms with Crippen molar-refractivity contribution in [3.63, 3.8) is 0 Å². The quantitative estimate of drug-likeness (QED) is 0.485. The van der Waals surface area contributed by atoms with Crippen molar-refractivity contribution in [3.8, 4) is 11.4 Å². The first-order valence-corrected chi connectivity index (χ1v) is 5.96. The maximum atomic E-state index is 11.4. The van der Waals surface area contributed by atoms with Crippen LogP contribution >= 0.6 is 0 Å². The Morgan fingerprint density at radius 1 is 1.50 bits per heavy atom. The fourth-order valence-electron chi connectivity index (χ4n) is 1.93. The van der Waals surface area contributed by atoms with Crippen molar-refractivity contribution in [1.29, 1.82) is 0 Å². The van der Waals surface area contributed by atoms with Gasteiger partial charge in [-0.2, -0.15) is 0 Å². The minimum atomic E-state index is -0.613. The van der Waals surface area contributed by atoms with Crippen molar-refractivity contribution >= 4 is 11.7 Å². The Hall–Kier alpha value is -2.70. The fraction of sp³-hybridized carbons (Fsp3) is 0.231. The van der Waals surface area contributed by atoms with Crippen LogP contribution < -0.4 is 0 Å². The molecule has 2 rings (SSSR count). The number of nitro benzene ring substituents is 1. The van der Waals surface area contributed by atoms with E-state index in [2.05, 4.69) is 9.72 Å². The molecule has 0 aliphatic carbocycles. The molecule has 0 unspecified atom stereocenters. The highest BCUT2D eigenvalue weighted by Gasteiger charge is 2.21. The van der Waals surface area contributed by atoms with Gasteiger partial charge in [0.2, 0.25) is 0 Å². The average molecular weight is 275 g/mol. The summed E-state index contributed by atoms with van der Waals surface area (Å²) in [7, 11) is 1.23. The van der Waals surface area contributed by atoms with E-state index in [0.29, 0.717) is 17.9 Å². The monoisotopic (exact) mass is 275 g/mol. The molecule has 0 radical (unpaired) electrons. The van der Waals surface area contributed by atoms with E-state index >= 15 is 0 Å². The summed E-state index contributed by atoms with van der Waals surface area (Å²) in [6.45, 7) is 2.56. The number of nitro groups is 1. The van der Waals surface area contributed by atoms with Crippen LogP contribution in [0.25, 0.3) is 11.4 Å². The normalized spacial score (nSPS) is 10.3. The molecule has 1 heterocycles. The molecule has 0 atom stereocenters. The van der Waals surface area contributed by atoms with Crippen LogP contribution in [0.4, 0.5) is 5.69 Å². The topological polar surface area (TPSA) is 87.3 Å². The summed E-state index contributed by atoms with van der Waals surface area (Å²) >= 11 is 0. The lowest BCUT2D eigenvalue weighted by Gasteiger charge is -2.07. The molecule has 0 aliphatic rings. The lowest BCUT2D eigenvalue weighted by atomic mass is 10.1. The molecule has 0 spiro atoms. The maximum absolute atomic E-state index is 11.4. The van der Waals surface area contributed by atoms with Crippen molar-refractivity contribution in [2.24, 2.45) is 0 Å². The zero-order valence-corrected chi connectivity index (χ0v) is 11.1. The number of esters is 1. The molecule has 0 fully saturated rings. The van der Waals surface area contributed by atoms with E-state index in [1.165, 1.54) is 25.3 Å². The van der Waals surface area contributed by atoms with Gasteiger partial charge < -0.3 is 9.30 Å². The number of carbonyl (C=O) groups excluding carboxylic acids is 1. The second-order valence-corrected chi connectivity index (χ2v) is 4.02. The van der Waals surface area contributed by atoms with E-state index in [0.717, 1.165) is 0 Å². The molecule has 0 saturated carbocycles. The molecule has 0 saturated heterocycles. The SMILES string of the molecule is CCn1ccnc1-c1ccc(C(=O)OC)cc1[N+](=O)[O-]. The number of nitrogens with zero attached hydrogens (tertiary/aromatic N) is 3. The number of hydrogen-bond donors (Lipinski definition) is 0. The van der Waals surface area contributed by atoms with Crippen LogP contribution in [0.2, 0.25) is 0 Å². The minimum absolute atomic E-state index is 0.137. The number of benzene rings is 1. The van der Waals surface area contributed by atoms with Crippen LogP contribution in [-0.2, 0) is 11.3 Å². The molecule has 1 aromatic carbocycles. The van der Waals surface area contributed by atoms with E-state index in [1.807, 2.05) is 6.92 Å². The Morgan fingerprint density at radius 2 is 2.25 bits per heavy atom. The Labute approximate surface area is 115 Å². The summed E-state index contributed by atoms with van der Waals surface area (Å²) in [5.74, 6) is -0.117. The third kappa shape index (κ3) is 2.37. The van der Waals surface area contributed by atoms with E-state index < -0.39 is 10.9 Å². The molecule has 0 amide bonds. The van der Waals surface area contributed by atoms with Crippen LogP contribution in [-0.4, -0.2) is 27.6 Å². The number of hydrogen-bond acceptors (Lipinski definition) is 5. The molecule has 7 nitrogen and oxygen atoms in total. The van der Waals surface area contributed by atoms with Crippen LogP contribution in [0.5, 0.6) is 0 Å². The van der Waals surface area contributed by atoms with Gasteiger partial charge in [-0.15, -0.1) is 0 Å². The Balaban J connectivity index is 2.59. The van der Waals surface area contributed by atoms with Crippen LogP contribution in [0.1, 0.15) is 17.3 Å². The highest BCUT2D eigenvalue weighted by atomic mass is 16.6. The number of aromatic nitrogens is 2. The van der Waals surface area contributed by atoms with Gasteiger partial charge in [0, 0.05) is 25.0 Å². The lowest BCUT2D eigenvalue weighted by Crippen LogP contribution is -2.04. The molecule has 20 heavy (non-hydrogen) atoms. The molecule has 0 N–H and O–H groups in total. The zero-order valence-electron chi connectivity index (χ0n) is 11.1. The van der Waals surface area contributed by atoms with Crippen LogP contribution in [0.15, 0.2) is 30.6 Å². The van der Waals surface area contributed by atoms with Crippen molar-refractivity contribution < 1.29 is 14.5 Å². The third-order valence-electron chi connectivity index (χ3n) is 2.91. The summed E-state index contributed by atoms with van der Waals surface area (Å²) < 4.78 is 6.36. The summed E-state index contributed by atoms with van der Waals surface area (Å²) in [6.07, 6.45) is 3.32. The average Bonchev–Trinajstić information content (AvgIpc) is 2.93. The largest absolute Gasteiger partial charge is 0.465 e. The minimum Gasteiger partial charge on any atom is -0.465 e. The Bertz CT molecular complexity index is 663. The highest BCUT2D eigenvalue weighted by Crippen LogP contribution is 2.29. The predicted molar refractivity (Wildman–Crippen MR) is 71.3 cm³/mol. The van der Waals surface area contributed by atoms with Gasteiger partial charge in [-0.05, 0) is 19.1 Å². The summed E-state index contributed by atoms with van der Waals surface area (Å²) in [4.78, 5) is 26.2.